The van der Waals surface area contributed by atoms with E-state index in [1.807, 2.05) is 5.01 Å². The van der Waals surface area contributed by atoms with Crippen molar-refractivity contribution >= 4 is 5.69 Å². The summed E-state index contributed by atoms with van der Waals surface area (Å²) in [5, 5.41) is 1.83. The fourth-order valence-electron chi connectivity index (χ4n) is 1.96. The van der Waals surface area contributed by atoms with Gasteiger partial charge in [-0.3, -0.25) is 0 Å². The predicted octanol–water partition coefficient (Wildman–Crippen LogP) is 3.66. The Bertz CT molecular complexity index is 411. The van der Waals surface area contributed by atoms with Gasteiger partial charge in [0.1, 0.15) is 5.82 Å². The number of piperidine rings is 1. The lowest BCUT2D eigenvalue weighted by Crippen LogP contribution is -2.35. The van der Waals surface area contributed by atoms with Crippen molar-refractivity contribution in [2.24, 2.45) is 0 Å². The van der Waals surface area contributed by atoms with E-state index < -0.39 is 17.6 Å². The quantitative estimate of drug-likeness (QED) is 0.818. The SMILES string of the molecule is Fc1cc(C(F)(F)F)ccc1NN1CCCCC1. The van der Waals surface area contributed by atoms with E-state index in [9.17, 15) is 17.6 Å². The Labute approximate surface area is 103 Å². The highest BCUT2D eigenvalue weighted by atomic mass is 19.4. The van der Waals surface area contributed by atoms with Gasteiger partial charge in [0.2, 0.25) is 0 Å². The summed E-state index contributed by atoms with van der Waals surface area (Å²) < 4.78 is 50.6. The number of halogens is 4. The molecule has 1 aromatic rings. The molecule has 2 nitrogen and oxygen atoms in total. The van der Waals surface area contributed by atoms with E-state index in [2.05, 4.69) is 5.43 Å². The standard InChI is InChI=1S/C12H14F4N2/c13-10-8-9(12(14,15)16)4-5-11(10)17-18-6-2-1-3-7-18/h4-5,8,17H,1-3,6-7H2. The largest absolute Gasteiger partial charge is 0.416 e. The number of nitrogens with zero attached hydrogens (tertiary/aromatic N) is 1. The summed E-state index contributed by atoms with van der Waals surface area (Å²) in [4.78, 5) is 0. The number of nitrogens with one attached hydrogen (secondary N) is 1. The van der Waals surface area contributed by atoms with Crippen molar-refractivity contribution in [3.63, 3.8) is 0 Å². The first-order valence-electron chi connectivity index (χ1n) is 5.85. The summed E-state index contributed by atoms with van der Waals surface area (Å²) in [6.45, 7) is 1.56. The third-order valence-electron chi connectivity index (χ3n) is 2.93. The molecule has 0 unspecified atom stereocenters. The van der Waals surface area contributed by atoms with Crippen LogP contribution in [-0.4, -0.2) is 18.1 Å². The van der Waals surface area contributed by atoms with Gasteiger partial charge in [-0.25, -0.2) is 9.40 Å². The van der Waals surface area contributed by atoms with Crippen molar-refractivity contribution in [2.75, 3.05) is 18.5 Å². The van der Waals surface area contributed by atoms with E-state index in [4.69, 9.17) is 0 Å². The summed E-state index contributed by atoms with van der Waals surface area (Å²) >= 11 is 0. The number of benzene rings is 1. The molecule has 1 heterocycles. The Morgan fingerprint density at radius 1 is 1.06 bits per heavy atom. The molecule has 18 heavy (non-hydrogen) atoms. The molecule has 0 bridgehead atoms. The van der Waals surface area contributed by atoms with Crippen molar-refractivity contribution in [2.45, 2.75) is 25.4 Å². The molecule has 0 atom stereocenters. The van der Waals surface area contributed by atoms with Crippen LogP contribution in [0.4, 0.5) is 23.2 Å². The van der Waals surface area contributed by atoms with Crippen LogP contribution < -0.4 is 5.43 Å². The average Bonchev–Trinajstić information content (AvgIpc) is 2.32. The first-order valence-corrected chi connectivity index (χ1v) is 5.85. The van der Waals surface area contributed by atoms with Crippen LogP contribution in [-0.2, 0) is 6.18 Å². The van der Waals surface area contributed by atoms with Gasteiger partial charge < -0.3 is 5.43 Å². The van der Waals surface area contributed by atoms with Crippen LogP contribution in [0.2, 0.25) is 0 Å². The minimum absolute atomic E-state index is 0.0879. The molecule has 1 N–H and O–H groups in total. The Balaban J connectivity index is 2.09. The van der Waals surface area contributed by atoms with Gasteiger partial charge in [0.15, 0.2) is 0 Å². The first kappa shape index (κ1) is 13.1. The second-order valence-corrected chi connectivity index (χ2v) is 4.35. The Kier molecular flexibility index (Phi) is 3.75. The minimum atomic E-state index is -4.51. The van der Waals surface area contributed by atoms with Crippen LogP contribution in [0, 0.1) is 5.82 Å². The zero-order chi connectivity index (χ0) is 13.2. The molecule has 1 aliphatic rings. The van der Waals surface area contributed by atoms with E-state index >= 15 is 0 Å². The lowest BCUT2D eigenvalue weighted by Gasteiger charge is -2.28. The molecule has 0 spiro atoms. The van der Waals surface area contributed by atoms with Gasteiger partial charge in [-0.15, -0.1) is 0 Å². The molecule has 1 aromatic carbocycles. The highest BCUT2D eigenvalue weighted by molar-refractivity contribution is 5.46. The van der Waals surface area contributed by atoms with Gasteiger partial charge in [-0.2, -0.15) is 13.2 Å². The summed E-state index contributed by atoms with van der Waals surface area (Å²) in [6.07, 6.45) is -1.36. The van der Waals surface area contributed by atoms with E-state index in [0.29, 0.717) is 6.07 Å². The van der Waals surface area contributed by atoms with Crippen LogP contribution in [0.15, 0.2) is 18.2 Å². The third kappa shape index (κ3) is 3.13. The lowest BCUT2D eigenvalue weighted by molar-refractivity contribution is -0.137. The van der Waals surface area contributed by atoms with E-state index in [-0.39, 0.29) is 5.69 Å². The normalized spacial score (nSPS) is 17.8. The maximum atomic E-state index is 13.5. The molecule has 100 valence electrons. The van der Waals surface area contributed by atoms with Gasteiger partial charge in [0.25, 0.3) is 0 Å². The Morgan fingerprint density at radius 3 is 2.28 bits per heavy atom. The molecule has 0 aliphatic carbocycles. The van der Waals surface area contributed by atoms with Crippen LogP contribution in [0.25, 0.3) is 0 Å². The molecular formula is C12H14F4N2. The summed E-state index contributed by atoms with van der Waals surface area (Å²) in [6, 6.07) is 2.54. The molecule has 2 rings (SSSR count). The van der Waals surface area contributed by atoms with Crippen LogP contribution in [0.5, 0.6) is 0 Å². The van der Waals surface area contributed by atoms with Crippen LogP contribution in [0.3, 0.4) is 0 Å². The first-order chi connectivity index (χ1) is 8.47. The zero-order valence-corrected chi connectivity index (χ0v) is 9.73. The third-order valence-corrected chi connectivity index (χ3v) is 2.93. The fourth-order valence-corrected chi connectivity index (χ4v) is 1.96. The fraction of sp³-hybridized carbons (Fsp3) is 0.500. The topological polar surface area (TPSA) is 15.3 Å². The molecule has 0 amide bonds. The molecule has 1 fully saturated rings. The summed E-state index contributed by atoms with van der Waals surface area (Å²) in [5.74, 6) is -0.879. The maximum absolute atomic E-state index is 13.5. The summed E-state index contributed by atoms with van der Waals surface area (Å²) in [5.41, 5.74) is 1.94. The lowest BCUT2D eigenvalue weighted by atomic mass is 10.1. The highest BCUT2D eigenvalue weighted by Crippen LogP contribution is 2.31. The number of anilines is 1. The number of hydrazine groups is 1. The van der Waals surface area contributed by atoms with E-state index in [1.165, 1.54) is 0 Å². The zero-order valence-electron chi connectivity index (χ0n) is 9.73. The molecule has 1 aliphatic heterocycles. The van der Waals surface area contributed by atoms with Gasteiger partial charge in [0.05, 0.1) is 11.3 Å². The van der Waals surface area contributed by atoms with Gasteiger partial charge in [0, 0.05) is 13.1 Å². The Hall–Kier alpha value is -1.30. The molecule has 0 saturated carbocycles. The second-order valence-electron chi connectivity index (χ2n) is 4.35. The minimum Gasteiger partial charge on any atom is -0.316 e. The van der Waals surface area contributed by atoms with Gasteiger partial charge in [-0.1, -0.05) is 6.42 Å². The number of hydrogen-bond donors (Lipinski definition) is 1. The van der Waals surface area contributed by atoms with Crippen molar-refractivity contribution in [1.29, 1.82) is 0 Å². The van der Waals surface area contributed by atoms with E-state index in [0.717, 1.165) is 44.5 Å². The van der Waals surface area contributed by atoms with Crippen molar-refractivity contribution in [3.05, 3.63) is 29.6 Å². The number of rotatable bonds is 2. The monoisotopic (exact) mass is 262 g/mol. The van der Waals surface area contributed by atoms with E-state index in [1.54, 1.807) is 0 Å². The van der Waals surface area contributed by atoms with Gasteiger partial charge in [-0.05, 0) is 31.0 Å². The molecule has 1 saturated heterocycles. The van der Waals surface area contributed by atoms with Crippen molar-refractivity contribution < 1.29 is 17.6 Å². The maximum Gasteiger partial charge on any atom is 0.416 e. The Morgan fingerprint density at radius 2 is 1.72 bits per heavy atom. The second kappa shape index (κ2) is 5.14. The van der Waals surface area contributed by atoms with Crippen LogP contribution >= 0.6 is 0 Å². The predicted molar refractivity (Wildman–Crippen MR) is 60.4 cm³/mol. The van der Waals surface area contributed by atoms with Crippen LogP contribution in [0.1, 0.15) is 24.8 Å². The summed E-state index contributed by atoms with van der Waals surface area (Å²) in [7, 11) is 0. The molecule has 0 aromatic heterocycles. The number of hydrogen-bond acceptors (Lipinski definition) is 2. The molecule has 6 heteroatoms. The average molecular weight is 262 g/mol. The van der Waals surface area contributed by atoms with Crippen molar-refractivity contribution in [1.82, 2.24) is 5.01 Å². The number of alkyl halides is 3. The van der Waals surface area contributed by atoms with Crippen molar-refractivity contribution in [3.8, 4) is 0 Å². The highest BCUT2D eigenvalue weighted by Gasteiger charge is 2.31. The van der Waals surface area contributed by atoms with Gasteiger partial charge >= 0.3 is 6.18 Å². The smallest absolute Gasteiger partial charge is 0.316 e. The molecule has 0 radical (unpaired) electrons. The molecular weight excluding hydrogens is 248 g/mol.